The van der Waals surface area contributed by atoms with Gasteiger partial charge >= 0.3 is 5.97 Å². The standard InChI is InChI=1S/C30H42N2O2/c1-3-5-7-8-9-11-13-29(33)34-28-20-18-26(19-21-28)25-14-16-27(17-15-25)30-31-22-24(23-32-30)12-10-6-4-2/h11,13-17,22-23,26,28H,3-10,12,18-21H2,1-2H3. The van der Waals surface area contributed by atoms with E-state index < -0.39 is 0 Å². The molecule has 0 bridgehead atoms. The second kappa shape index (κ2) is 14.7. The lowest BCUT2D eigenvalue weighted by Crippen LogP contribution is -2.23. The number of nitrogens with zero attached hydrogens (tertiary/aromatic N) is 2. The fraction of sp³-hybridized carbons (Fsp3) is 0.567. The molecule has 0 radical (unpaired) electrons. The summed E-state index contributed by atoms with van der Waals surface area (Å²) in [7, 11) is 0. The molecule has 34 heavy (non-hydrogen) atoms. The number of rotatable bonds is 13. The highest BCUT2D eigenvalue weighted by atomic mass is 16.5. The number of carbonyl (C=O) groups excluding carboxylic acids is 1. The molecule has 3 rings (SSSR count). The van der Waals surface area contributed by atoms with Crippen molar-refractivity contribution in [3.8, 4) is 11.4 Å². The van der Waals surface area contributed by atoms with Crippen LogP contribution in [0.2, 0.25) is 0 Å². The molecule has 1 fully saturated rings. The van der Waals surface area contributed by atoms with Crippen molar-refractivity contribution in [2.75, 3.05) is 0 Å². The van der Waals surface area contributed by atoms with Gasteiger partial charge in [0, 0.05) is 24.0 Å². The van der Waals surface area contributed by atoms with Crippen LogP contribution in [0.25, 0.3) is 11.4 Å². The van der Waals surface area contributed by atoms with Crippen molar-refractivity contribution >= 4 is 5.97 Å². The molecule has 1 heterocycles. The third-order valence-corrected chi connectivity index (χ3v) is 6.85. The van der Waals surface area contributed by atoms with Gasteiger partial charge in [0.1, 0.15) is 6.10 Å². The largest absolute Gasteiger partial charge is 0.459 e. The Labute approximate surface area is 206 Å². The molecule has 0 unspecified atom stereocenters. The Hall–Kier alpha value is -2.49. The first-order valence-corrected chi connectivity index (χ1v) is 13.5. The van der Waals surface area contributed by atoms with Gasteiger partial charge in [0.2, 0.25) is 0 Å². The molecule has 4 nitrogen and oxygen atoms in total. The maximum absolute atomic E-state index is 12.1. The Bertz CT molecular complexity index is 866. The lowest BCUT2D eigenvalue weighted by atomic mass is 9.82. The van der Waals surface area contributed by atoms with E-state index >= 15 is 0 Å². The van der Waals surface area contributed by atoms with Gasteiger partial charge in [0.05, 0.1) is 0 Å². The number of esters is 1. The van der Waals surface area contributed by atoms with E-state index in [1.54, 1.807) is 6.08 Å². The molecule has 184 valence electrons. The predicted molar refractivity (Wildman–Crippen MR) is 140 cm³/mol. The van der Waals surface area contributed by atoms with E-state index in [4.69, 9.17) is 4.74 Å². The Morgan fingerprint density at radius 1 is 0.912 bits per heavy atom. The summed E-state index contributed by atoms with van der Waals surface area (Å²) < 4.78 is 5.68. The number of unbranched alkanes of at least 4 members (excludes halogenated alkanes) is 6. The molecule has 0 spiro atoms. The first-order chi connectivity index (χ1) is 16.7. The maximum Gasteiger partial charge on any atom is 0.330 e. The summed E-state index contributed by atoms with van der Waals surface area (Å²) in [4.78, 5) is 21.3. The Morgan fingerprint density at radius 3 is 2.26 bits per heavy atom. The van der Waals surface area contributed by atoms with Crippen LogP contribution in [0.4, 0.5) is 0 Å². The molecule has 0 amide bonds. The average molecular weight is 463 g/mol. The van der Waals surface area contributed by atoms with Gasteiger partial charge in [0.25, 0.3) is 0 Å². The fourth-order valence-electron chi connectivity index (χ4n) is 4.70. The van der Waals surface area contributed by atoms with Gasteiger partial charge in [-0.15, -0.1) is 0 Å². The zero-order valence-corrected chi connectivity index (χ0v) is 21.2. The van der Waals surface area contributed by atoms with Crippen LogP contribution in [0.5, 0.6) is 0 Å². The molecule has 1 saturated carbocycles. The van der Waals surface area contributed by atoms with E-state index in [-0.39, 0.29) is 12.1 Å². The number of hydrogen-bond donors (Lipinski definition) is 0. The van der Waals surface area contributed by atoms with E-state index in [2.05, 4.69) is 48.1 Å². The molecule has 0 saturated heterocycles. The van der Waals surface area contributed by atoms with Crippen molar-refractivity contribution in [3.63, 3.8) is 0 Å². The minimum atomic E-state index is -0.181. The molecule has 4 heteroatoms. The van der Waals surface area contributed by atoms with Crippen LogP contribution in [-0.2, 0) is 16.0 Å². The quantitative estimate of drug-likeness (QED) is 0.172. The summed E-state index contributed by atoms with van der Waals surface area (Å²) in [6, 6.07) is 8.70. The smallest absolute Gasteiger partial charge is 0.330 e. The first kappa shape index (κ1) is 26.1. The van der Waals surface area contributed by atoms with Gasteiger partial charge in [-0.25, -0.2) is 14.8 Å². The van der Waals surface area contributed by atoms with Gasteiger partial charge in [-0.1, -0.05) is 76.3 Å². The Morgan fingerprint density at radius 2 is 1.59 bits per heavy atom. The van der Waals surface area contributed by atoms with Crippen LogP contribution in [0.15, 0.2) is 48.8 Å². The van der Waals surface area contributed by atoms with Crippen LogP contribution in [0.1, 0.15) is 108 Å². The van der Waals surface area contributed by atoms with E-state index in [9.17, 15) is 4.79 Å². The van der Waals surface area contributed by atoms with E-state index in [1.807, 2.05) is 18.5 Å². The van der Waals surface area contributed by atoms with Gasteiger partial charge < -0.3 is 4.74 Å². The van der Waals surface area contributed by atoms with Gasteiger partial charge in [0.15, 0.2) is 5.82 Å². The van der Waals surface area contributed by atoms with Crippen molar-refractivity contribution in [2.45, 2.75) is 109 Å². The topological polar surface area (TPSA) is 52.1 Å². The SMILES string of the molecule is CCCCCCC=CC(=O)OC1CCC(c2ccc(-c3ncc(CCCCC)cn3)cc2)CC1. The number of aromatic nitrogens is 2. The summed E-state index contributed by atoms with van der Waals surface area (Å²) in [5.74, 6) is 1.14. The van der Waals surface area contributed by atoms with Crippen molar-refractivity contribution in [2.24, 2.45) is 0 Å². The van der Waals surface area contributed by atoms with Crippen LogP contribution in [0, 0.1) is 0 Å². The zero-order valence-electron chi connectivity index (χ0n) is 21.2. The molecule has 1 aliphatic carbocycles. The van der Waals surface area contributed by atoms with E-state index in [0.717, 1.165) is 56.3 Å². The number of benzene rings is 1. The van der Waals surface area contributed by atoms with Crippen LogP contribution in [-0.4, -0.2) is 22.0 Å². The van der Waals surface area contributed by atoms with Gasteiger partial charge in [-0.2, -0.15) is 0 Å². The number of hydrogen-bond acceptors (Lipinski definition) is 4. The van der Waals surface area contributed by atoms with Crippen molar-refractivity contribution in [1.29, 1.82) is 0 Å². The summed E-state index contributed by atoms with van der Waals surface area (Å²) in [6.07, 6.45) is 22.2. The van der Waals surface area contributed by atoms with Crippen LogP contribution < -0.4 is 0 Å². The van der Waals surface area contributed by atoms with Crippen molar-refractivity contribution in [1.82, 2.24) is 9.97 Å². The summed E-state index contributed by atoms with van der Waals surface area (Å²) in [5, 5.41) is 0. The van der Waals surface area contributed by atoms with Crippen LogP contribution in [0.3, 0.4) is 0 Å². The predicted octanol–water partition coefficient (Wildman–Crippen LogP) is 7.97. The molecule has 0 N–H and O–H groups in total. The summed E-state index contributed by atoms with van der Waals surface area (Å²) in [5.41, 5.74) is 3.64. The second-order valence-corrected chi connectivity index (χ2v) is 9.66. The summed E-state index contributed by atoms with van der Waals surface area (Å²) in [6.45, 7) is 4.43. The summed E-state index contributed by atoms with van der Waals surface area (Å²) >= 11 is 0. The normalized spacial score (nSPS) is 18.3. The van der Waals surface area contributed by atoms with Crippen molar-refractivity contribution in [3.05, 3.63) is 59.9 Å². The molecule has 1 aromatic heterocycles. The number of aryl methyl sites for hydroxylation is 1. The maximum atomic E-state index is 12.1. The molecular formula is C30H42N2O2. The van der Waals surface area contributed by atoms with E-state index in [1.165, 1.54) is 49.7 Å². The highest BCUT2D eigenvalue weighted by molar-refractivity contribution is 5.82. The second-order valence-electron chi connectivity index (χ2n) is 9.66. The van der Waals surface area contributed by atoms with Crippen molar-refractivity contribution < 1.29 is 9.53 Å². The molecule has 1 aliphatic rings. The molecule has 0 aliphatic heterocycles. The van der Waals surface area contributed by atoms with Crippen LogP contribution >= 0.6 is 0 Å². The lowest BCUT2D eigenvalue weighted by Gasteiger charge is -2.28. The average Bonchev–Trinajstić information content (AvgIpc) is 2.87. The zero-order chi connectivity index (χ0) is 24.0. The molecule has 1 aromatic carbocycles. The highest BCUT2D eigenvalue weighted by Gasteiger charge is 2.24. The number of allylic oxidation sites excluding steroid dienone is 1. The number of carbonyl (C=O) groups is 1. The van der Waals surface area contributed by atoms with E-state index in [0.29, 0.717) is 5.92 Å². The lowest BCUT2D eigenvalue weighted by molar-refractivity contribution is -0.144. The monoisotopic (exact) mass is 462 g/mol. The Kier molecular flexibility index (Phi) is 11.3. The molecular weight excluding hydrogens is 420 g/mol. The third-order valence-electron chi connectivity index (χ3n) is 6.85. The molecule has 0 atom stereocenters. The highest BCUT2D eigenvalue weighted by Crippen LogP contribution is 2.34. The number of ether oxygens (including phenoxy) is 1. The van der Waals surface area contributed by atoms with Gasteiger partial charge in [-0.3, -0.25) is 0 Å². The first-order valence-electron chi connectivity index (χ1n) is 13.5. The Balaban J connectivity index is 1.41. The third kappa shape index (κ3) is 8.70. The minimum absolute atomic E-state index is 0.0528. The minimum Gasteiger partial charge on any atom is -0.459 e. The fourth-order valence-corrected chi connectivity index (χ4v) is 4.70. The van der Waals surface area contributed by atoms with Gasteiger partial charge in [-0.05, 0) is 68.4 Å². The molecule has 2 aromatic rings.